The van der Waals surface area contributed by atoms with Crippen molar-refractivity contribution in [2.75, 3.05) is 33.4 Å². The van der Waals surface area contributed by atoms with Gasteiger partial charge in [0.05, 0.1) is 13.2 Å². The minimum absolute atomic E-state index is 0.0494. The Balaban J connectivity index is 3.42. The zero-order valence-electron chi connectivity index (χ0n) is 13.9. The van der Waals surface area contributed by atoms with Crippen LogP contribution in [0.15, 0.2) is 34.7 Å². The van der Waals surface area contributed by atoms with Crippen LogP contribution in [0.2, 0.25) is 0 Å². The largest absolute Gasteiger partial charge is 0.495 e. The highest BCUT2D eigenvalue weighted by Crippen LogP contribution is 2.25. The summed E-state index contributed by atoms with van der Waals surface area (Å²) >= 11 is 0. The molecule has 0 aromatic rings. The van der Waals surface area contributed by atoms with E-state index in [4.69, 9.17) is 14.2 Å². The molecule has 7 nitrogen and oxygen atoms in total. The Kier molecular flexibility index (Phi) is 6.83. The Labute approximate surface area is 137 Å². The Morgan fingerprint density at radius 1 is 1.35 bits per heavy atom. The maximum absolute atomic E-state index is 12.6. The fourth-order valence-electron chi connectivity index (χ4n) is 1.89. The van der Waals surface area contributed by atoms with Crippen LogP contribution in [0.5, 0.6) is 0 Å². The van der Waals surface area contributed by atoms with E-state index >= 15 is 0 Å². The zero-order chi connectivity index (χ0) is 17.6. The first-order valence-corrected chi connectivity index (χ1v) is 8.70. The lowest BCUT2D eigenvalue weighted by Gasteiger charge is -2.15. The van der Waals surface area contributed by atoms with Gasteiger partial charge in [-0.2, -0.15) is 4.31 Å². The molecule has 0 saturated carbocycles. The number of sulfonamides is 1. The van der Waals surface area contributed by atoms with E-state index in [1.807, 2.05) is 0 Å². The van der Waals surface area contributed by atoms with E-state index in [-0.39, 0.29) is 48.4 Å². The summed E-state index contributed by atoms with van der Waals surface area (Å²) in [4.78, 5) is 12.0. The van der Waals surface area contributed by atoms with E-state index < -0.39 is 16.0 Å². The fraction of sp³-hybridized carbons (Fsp3) is 0.533. The number of hydrogen-bond donors (Lipinski definition) is 0. The number of ether oxygens (including phenoxy) is 3. The second-order valence-corrected chi connectivity index (χ2v) is 6.74. The topological polar surface area (TPSA) is 82.1 Å². The average Bonchev–Trinajstić information content (AvgIpc) is 2.55. The Hall–Kier alpha value is -1.80. The lowest BCUT2D eigenvalue weighted by Crippen LogP contribution is -2.29. The molecule has 0 unspecified atom stereocenters. The molecule has 0 radical (unpaired) electrons. The van der Waals surface area contributed by atoms with Crippen molar-refractivity contribution in [3.8, 4) is 0 Å². The molecule has 0 amide bonds. The highest BCUT2D eigenvalue weighted by Gasteiger charge is 2.30. The van der Waals surface area contributed by atoms with Crippen LogP contribution in [0.25, 0.3) is 0 Å². The van der Waals surface area contributed by atoms with Crippen LogP contribution >= 0.6 is 0 Å². The first-order chi connectivity index (χ1) is 10.8. The normalized spacial score (nSPS) is 18.9. The molecule has 0 spiro atoms. The number of carbonyl (C=O) groups excluding carboxylic acids is 1. The monoisotopic (exact) mass is 345 g/mol. The first-order valence-electron chi connectivity index (χ1n) is 7.26. The van der Waals surface area contributed by atoms with E-state index in [0.717, 1.165) is 0 Å². The molecule has 0 aliphatic carbocycles. The van der Waals surface area contributed by atoms with Crippen molar-refractivity contribution in [3.05, 3.63) is 34.7 Å². The van der Waals surface area contributed by atoms with Gasteiger partial charge < -0.3 is 14.2 Å². The number of esters is 1. The standard InChI is InChI=1S/C15H23NO6S/c1-6-20-11(3)13(15(17)21-7-2)10-14-12(4)22-9-8-16(5)23(14,18)19/h10H,3,6-9H2,1-2,4-5H3/b13-10+. The van der Waals surface area contributed by atoms with Gasteiger partial charge in [0.15, 0.2) is 0 Å². The van der Waals surface area contributed by atoms with Crippen molar-refractivity contribution in [1.29, 1.82) is 0 Å². The number of likely N-dealkylation sites (N-methyl/N-ethyl adjacent to an activating group) is 1. The molecule has 0 bridgehead atoms. The fourth-order valence-corrected chi connectivity index (χ4v) is 3.23. The SMILES string of the molecule is C=C(OCC)/C(=C\C1=C(C)OCCN(C)S1(=O)=O)C(=O)OCC. The van der Waals surface area contributed by atoms with Crippen LogP contribution < -0.4 is 0 Å². The summed E-state index contributed by atoms with van der Waals surface area (Å²) in [5, 5.41) is 0. The third-order valence-electron chi connectivity index (χ3n) is 3.15. The number of rotatable bonds is 6. The summed E-state index contributed by atoms with van der Waals surface area (Å²) in [6.07, 6.45) is 1.20. The van der Waals surface area contributed by atoms with Crippen molar-refractivity contribution in [2.24, 2.45) is 0 Å². The van der Waals surface area contributed by atoms with Crippen molar-refractivity contribution in [1.82, 2.24) is 4.31 Å². The molecule has 130 valence electrons. The molecular formula is C15H23NO6S. The van der Waals surface area contributed by atoms with E-state index in [9.17, 15) is 13.2 Å². The number of nitrogens with zero attached hydrogens (tertiary/aromatic N) is 1. The minimum Gasteiger partial charge on any atom is -0.495 e. The summed E-state index contributed by atoms with van der Waals surface area (Å²) in [5.74, 6) is -0.442. The van der Waals surface area contributed by atoms with E-state index in [0.29, 0.717) is 0 Å². The van der Waals surface area contributed by atoms with Crippen LogP contribution in [0.3, 0.4) is 0 Å². The average molecular weight is 345 g/mol. The predicted molar refractivity (Wildman–Crippen MR) is 85.7 cm³/mol. The Morgan fingerprint density at radius 3 is 2.52 bits per heavy atom. The molecule has 1 aliphatic rings. The first kappa shape index (κ1) is 19.2. The molecule has 0 atom stereocenters. The summed E-state index contributed by atoms with van der Waals surface area (Å²) in [7, 11) is -2.32. The smallest absolute Gasteiger partial charge is 0.341 e. The van der Waals surface area contributed by atoms with Crippen LogP contribution in [0.1, 0.15) is 20.8 Å². The van der Waals surface area contributed by atoms with Gasteiger partial charge in [0.25, 0.3) is 0 Å². The third kappa shape index (κ3) is 4.59. The van der Waals surface area contributed by atoms with Gasteiger partial charge in [0, 0.05) is 13.6 Å². The van der Waals surface area contributed by atoms with Crippen LogP contribution in [-0.2, 0) is 29.0 Å². The van der Waals surface area contributed by atoms with Gasteiger partial charge in [-0.1, -0.05) is 6.58 Å². The van der Waals surface area contributed by atoms with Crippen LogP contribution in [0.4, 0.5) is 0 Å². The third-order valence-corrected chi connectivity index (χ3v) is 5.11. The number of allylic oxidation sites excluding steroid dienone is 2. The Bertz CT molecular complexity index is 612. The summed E-state index contributed by atoms with van der Waals surface area (Å²) in [5.41, 5.74) is -0.0504. The zero-order valence-corrected chi connectivity index (χ0v) is 14.7. The molecule has 1 heterocycles. The molecule has 0 aromatic heterocycles. The summed E-state index contributed by atoms with van der Waals surface area (Å²) in [6, 6.07) is 0. The van der Waals surface area contributed by atoms with Gasteiger partial charge in [0.1, 0.15) is 28.6 Å². The lowest BCUT2D eigenvalue weighted by atomic mass is 10.2. The molecule has 8 heteroatoms. The van der Waals surface area contributed by atoms with Gasteiger partial charge in [-0.25, -0.2) is 13.2 Å². The second-order valence-electron chi connectivity index (χ2n) is 4.73. The molecule has 1 aliphatic heterocycles. The molecular weight excluding hydrogens is 322 g/mol. The number of carbonyl (C=O) groups is 1. The highest BCUT2D eigenvalue weighted by atomic mass is 32.2. The highest BCUT2D eigenvalue weighted by molar-refractivity contribution is 7.93. The summed E-state index contributed by atoms with van der Waals surface area (Å²) in [6.45, 7) is 9.49. The minimum atomic E-state index is -3.77. The molecule has 0 fully saturated rings. The maximum atomic E-state index is 12.6. The molecule has 1 rings (SSSR count). The van der Waals surface area contributed by atoms with Gasteiger partial charge in [-0.15, -0.1) is 0 Å². The second kappa shape index (κ2) is 8.16. The molecule has 23 heavy (non-hydrogen) atoms. The van der Waals surface area contributed by atoms with Crippen molar-refractivity contribution in [2.45, 2.75) is 20.8 Å². The molecule has 0 aromatic carbocycles. The lowest BCUT2D eigenvalue weighted by molar-refractivity contribution is -0.138. The van der Waals surface area contributed by atoms with E-state index in [2.05, 4.69) is 6.58 Å². The van der Waals surface area contributed by atoms with E-state index in [1.54, 1.807) is 13.8 Å². The van der Waals surface area contributed by atoms with Crippen molar-refractivity contribution < 1.29 is 27.4 Å². The predicted octanol–water partition coefficient (Wildman–Crippen LogP) is 1.55. The maximum Gasteiger partial charge on any atom is 0.341 e. The summed E-state index contributed by atoms with van der Waals surface area (Å²) < 4.78 is 41.9. The molecule has 0 N–H and O–H groups in total. The van der Waals surface area contributed by atoms with E-state index in [1.165, 1.54) is 24.4 Å². The van der Waals surface area contributed by atoms with Crippen molar-refractivity contribution in [3.63, 3.8) is 0 Å². The van der Waals surface area contributed by atoms with Gasteiger partial charge in [0.2, 0.25) is 10.0 Å². The van der Waals surface area contributed by atoms with Gasteiger partial charge in [-0.05, 0) is 26.8 Å². The molecule has 0 saturated heterocycles. The van der Waals surface area contributed by atoms with Crippen molar-refractivity contribution >= 4 is 16.0 Å². The van der Waals surface area contributed by atoms with Crippen LogP contribution in [0, 0.1) is 0 Å². The Morgan fingerprint density at radius 2 is 1.96 bits per heavy atom. The number of hydrogen-bond acceptors (Lipinski definition) is 6. The van der Waals surface area contributed by atoms with Crippen LogP contribution in [-0.4, -0.2) is 52.1 Å². The quantitative estimate of drug-likeness (QED) is 0.314. The van der Waals surface area contributed by atoms with Gasteiger partial charge in [-0.3, -0.25) is 0 Å². The van der Waals surface area contributed by atoms with Gasteiger partial charge >= 0.3 is 5.97 Å².